The standard InChI is InChI=1S/C16H14Cl2N2O4/c1-23-15-6-10(2-5-13(15)21)8-19-20-16(22)9-24-14-7-11(17)3-4-12(14)18/h2-8,21H,9H2,1H3,(H,20,22)/b19-8+. The number of rotatable bonds is 6. The van der Waals surface area contributed by atoms with E-state index in [2.05, 4.69) is 10.5 Å². The van der Waals surface area contributed by atoms with Crippen LogP contribution in [0.1, 0.15) is 5.56 Å². The van der Waals surface area contributed by atoms with Crippen LogP contribution in [0.2, 0.25) is 10.0 Å². The predicted octanol–water partition coefficient (Wildman–Crippen LogP) is 3.24. The number of methoxy groups -OCH3 is 1. The summed E-state index contributed by atoms with van der Waals surface area (Å²) >= 11 is 11.8. The minimum absolute atomic E-state index is 0.0190. The summed E-state index contributed by atoms with van der Waals surface area (Å²) in [5.41, 5.74) is 2.96. The maximum Gasteiger partial charge on any atom is 0.277 e. The second-order valence-corrected chi connectivity index (χ2v) is 5.43. The molecule has 126 valence electrons. The molecule has 24 heavy (non-hydrogen) atoms. The molecule has 0 bridgehead atoms. The van der Waals surface area contributed by atoms with Gasteiger partial charge in [0.1, 0.15) is 5.75 Å². The van der Waals surface area contributed by atoms with E-state index in [1.165, 1.54) is 25.5 Å². The first-order chi connectivity index (χ1) is 11.5. The van der Waals surface area contributed by atoms with Gasteiger partial charge >= 0.3 is 0 Å². The van der Waals surface area contributed by atoms with E-state index in [1.807, 2.05) is 0 Å². The lowest BCUT2D eigenvalue weighted by atomic mass is 10.2. The lowest BCUT2D eigenvalue weighted by Crippen LogP contribution is -2.24. The fourth-order valence-electron chi connectivity index (χ4n) is 1.72. The average Bonchev–Trinajstić information content (AvgIpc) is 2.57. The van der Waals surface area contributed by atoms with Crippen molar-refractivity contribution in [2.45, 2.75) is 0 Å². The van der Waals surface area contributed by atoms with Gasteiger partial charge in [-0.15, -0.1) is 0 Å². The maximum atomic E-state index is 11.7. The van der Waals surface area contributed by atoms with E-state index in [0.717, 1.165) is 0 Å². The molecule has 0 aliphatic heterocycles. The number of halogens is 2. The SMILES string of the molecule is COc1cc(/C=N/NC(=O)COc2cc(Cl)ccc2Cl)ccc1O. The number of hydrogen-bond donors (Lipinski definition) is 2. The third-order valence-corrected chi connectivity index (χ3v) is 3.41. The number of nitrogens with zero attached hydrogens (tertiary/aromatic N) is 1. The van der Waals surface area contributed by atoms with Gasteiger partial charge in [0.15, 0.2) is 18.1 Å². The largest absolute Gasteiger partial charge is 0.504 e. The molecule has 6 nitrogen and oxygen atoms in total. The van der Waals surface area contributed by atoms with Crippen molar-refractivity contribution in [1.82, 2.24) is 5.43 Å². The summed E-state index contributed by atoms with van der Waals surface area (Å²) in [7, 11) is 1.44. The van der Waals surface area contributed by atoms with E-state index in [1.54, 1.807) is 24.3 Å². The van der Waals surface area contributed by atoms with Crippen molar-refractivity contribution in [2.75, 3.05) is 13.7 Å². The Balaban J connectivity index is 1.88. The summed E-state index contributed by atoms with van der Waals surface area (Å²) in [5, 5.41) is 14.1. The summed E-state index contributed by atoms with van der Waals surface area (Å²) in [6.07, 6.45) is 1.41. The second-order valence-electron chi connectivity index (χ2n) is 4.59. The van der Waals surface area contributed by atoms with Crippen LogP contribution in [0.3, 0.4) is 0 Å². The van der Waals surface area contributed by atoms with E-state index >= 15 is 0 Å². The summed E-state index contributed by atoms with van der Waals surface area (Å²) in [6.45, 7) is -0.268. The van der Waals surface area contributed by atoms with Crippen molar-refractivity contribution in [3.05, 3.63) is 52.0 Å². The molecule has 0 aliphatic rings. The summed E-state index contributed by atoms with van der Waals surface area (Å²) in [5.74, 6) is 0.175. The number of carbonyl (C=O) groups is 1. The van der Waals surface area contributed by atoms with E-state index in [4.69, 9.17) is 32.7 Å². The van der Waals surface area contributed by atoms with Crippen molar-refractivity contribution in [3.8, 4) is 17.2 Å². The van der Waals surface area contributed by atoms with Gasteiger partial charge < -0.3 is 14.6 Å². The lowest BCUT2D eigenvalue weighted by Gasteiger charge is -2.07. The van der Waals surface area contributed by atoms with Crippen molar-refractivity contribution in [2.24, 2.45) is 5.10 Å². The van der Waals surface area contributed by atoms with Crippen LogP contribution in [0.25, 0.3) is 0 Å². The van der Waals surface area contributed by atoms with Gasteiger partial charge in [-0.05, 0) is 35.9 Å². The number of phenolic OH excluding ortho intramolecular Hbond substituents is 1. The molecule has 2 aromatic carbocycles. The Kier molecular flexibility index (Phi) is 6.28. The van der Waals surface area contributed by atoms with Crippen LogP contribution >= 0.6 is 23.2 Å². The van der Waals surface area contributed by atoms with Crippen LogP contribution in [0, 0.1) is 0 Å². The highest BCUT2D eigenvalue weighted by atomic mass is 35.5. The molecule has 2 aromatic rings. The molecule has 0 heterocycles. The number of ether oxygens (including phenoxy) is 2. The highest BCUT2D eigenvalue weighted by Crippen LogP contribution is 2.27. The van der Waals surface area contributed by atoms with Crippen LogP contribution in [0.15, 0.2) is 41.5 Å². The van der Waals surface area contributed by atoms with Gasteiger partial charge in [0.25, 0.3) is 5.91 Å². The Morgan fingerprint density at radius 2 is 2.04 bits per heavy atom. The summed E-state index contributed by atoms with van der Waals surface area (Å²) in [4.78, 5) is 11.7. The van der Waals surface area contributed by atoms with E-state index < -0.39 is 5.91 Å². The average molecular weight is 369 g/mol. The number of nitrogens with one attached hydrogen (secondary N) is 1. The molecule has 0 saturated carbocycles. The Morgan fingerprint density at radius 3 is 2.79 bits per heavy atom. The van der Waals surface area contributed by atoms with Crippen molar-refractivity contribution >= 4 is 35.3 Å². The first-order valence-corrected chi connectivity index (χ1v) is 7.52. The molecule has 0 fully saturated rings. The van der Waals surface area contributed by atoms with Crippen LogP contribution in [-0.2, 0) is 4.79 Å². The predicted molar refractivity (Wildman–Crippen MR) is 92.4 cm³/mol. The van der Waals surface area contributed by atoms with Crippen molar-refractivity contribution in [1.29, 1.82) is 0 Å². The van der Waals surface area contributed by atoms with Gasteiger partial charge in [-0.25, -0.2) is 5.43 Å². The van der Waals surface area contributed by atoms with Gasteiger partial charge in [-0.2, -0.15) is 5.10 Å². The van der Waals surface area contributed by atoms with Crippen molar-refractivity contribution in [3.63, 3.8) is 0 Å². The number of phenols is 1. The second kappa shape index (κ2) is 8.42. The van der Waals surface area contributed by atoms with Crippen LogP contribution in [0.4, 0.5) is 0 Å². The Hall–Kier alpha value is -2.44. The van der Waals surface area contributed by atoms with Crippen LogP contribution in [0.5, 0.6) is 17.2 Å². The number of benzene rings is 2. The van der Waals surface area contributed by atoms with Crippen molar-refractivity contribution < 1.29 is 19.4 Å². The molecule has 2 N–H and O–H groups in total. The first-order valence-electron chi connectivity index (χ1n) is 6.76. The highest BCUT2D eigenvalue weighted by molar-refractivity contribution is 6.34. The number of carbonyl (C=O) groups excluding carboxylic acids is 1. The lowest BCUT2D eigenvalue weighted by molar-refractivity contribution is -0.123. The highest BCUT2D eigenvalue weighted by Gasteiger charge is 2.06. The first kappa shape index (κ1) is 17.9. The van der Waals surface area contributed by atoms with Gasteiger partial charge in [0.05, 0.1) is 18.3 Å². The zero-order valence-corrected chi connectivity index (χ0v) is 14.1. The molecule has 0 radical (unpaired) electrons. The minimum atomic E-state index is -0.465. The van der Waals surface area contributed by atoms with Gasteiger partial charge in [0, 0.05) is 11.1 Å². The molecule has 0 aromatic heterocycles. The smallest absolute Gasteiger partial charge is 0.277 e. The quantitative estimate of drug-likeness (QED) is 0.605. The number of amides is 1. The van der Waals surface area contributed by atoms with Gasteiger partial charge in [0.2, 0.25) is 0 Å². The van der Waals surface area contributed by atoms with Crippen LogP contribution in [-0.4, -0.2) is 30.9 Å². The fraction of sp³-hybridized carbons (Fsp3) is 0.125. The monoisotopic (exact) mass is 368 g/mol. The molecule has 0 spiro atoms. The zero-order chi connectivity index (χ0) is 17.5. The van der Waals surface area contributed by atoms with Crippen LogP contribution < -0.4 is 14.9 Å². The third kappa shape index (κ3) is 5.04. The normalized spacial score (nSPS) is 10.6. The molecule has 0 saturated heterocycles. The third-order valence-electron chi connectivity index (χ3n) is 2.86. The minimum Gasteiger partial charge on any atom is -0.504 e. The van der Waals surface area contributed by atoms with Gasteiger partial charge in [-0.1, -0.05) is 23.2 Å². The molecule has 8 heteroatoms. The topological polar surface area (TPSA) is 80.2 Å². The van der Waals surface area contributed by atoms with E-state index in [-0.39, 0.29) is 12.4 Å². The molecule has 0 unspecified atom stereocenters. The summed E-state index contributed by atoms with van der Waals surface area (Å²) < 4.78 is 10.3. The molecule has 0 aliphatic carbocycles. The maximum absolute atomic E-state index is 11.7. The molecular weight excluding hydrogens is 355 g/mol. The fourth-order valence-corrected chi connectivity index (χ4v) is 2.05. The molecule has 0 atom stereocenters. The Bertz CT molecular complexity index is 766. The molecule has 1 amide bonds. The summed E-state index contributed by atoms with van der Waals surface area (Å²) in [6, 6.07) is 9.37. The van der Waals surface area contributed by atoms with Gasteiger partial charge in [-0.3, -0.25) is 4.79 Å². The molecular formula is C16H14Cl2N2O4. The zero-order valence-electron chi connectivity index (χ0n) is 12.6. The van der Waals surface area contributed by atoms with E-state index in [9.17, 15) is 9.90 Å². The number of aromatic hydroxyl groups is 1. The Labute approximate surface area is 148 Å². The van der Waals surface area contributed by atoms with E-state index in [0.29, 0.717) is 27.1 Å². The number of hydrogen-bond acceptors (Lipinski definition) is 5. The Morgan fingerprint density at radius 1 is 1.25 bits per heavy atom. The number of hydrazone groups is 1. The molecule has 2 rings (SSSR count).